The number of hydrogen-bond donors (Lipinski definition) is 2. The maximum atomic E-state index is 5.94. The Morgan fingerprint density at radius 1 is 1.10 bits per heavy atom. The summed E-state index contributed by atoms with van der Waals surface area (Å²) in [7, 11) is 0. The van der Waals surface area contributed by atoms with Gasteiger partial charge in [0.2, 0.25) is 0 Å². The van der Waals surface area contributed by atoms with Gasteiger partial charge in [0.05, 0.1) is 6.04 Å². The SMILES string of the molecule is CCN(CC)C(C)(CC)C(NN)c1cc(C)cc(C)c1. The van der Waals surface area contributed by atoms with E-state index < -0.39 is 0 Å². The van der Waals surface area contributed by atoms with Crippen molar-refractivity contribution < 1.29 is 0 Å². The summed E-state index contributed by atoms with van der Waals surface area (Å²) in [5.74, 6) is 5.94. The minimum atomic E-state index is 0.0124. The molecule has 1 aromatic rings. The van der Waals surface area contributed by atoms with Gasteiger partial charge in [-0.3, -0.25) is 16.2 Å². The van der Waals surface area contributed by atoms with Gasteiger partial charge in [0, 0.05) is 5.54 Å². The highest BCUT2D eigenvalue weighted by Crippen LogP contribution is 2.34. The maximum absolute atomic E-state index is 5.94. The number of nitrogens with two attached hydrogens (primary N) is 1. The van der Waals surface area contributed by atoms with E-state index in [1.807, 2.05) is 0 Å². The predicted molar refractivity (Wildman–Crippen MR) is 87.6 cm³/mol. The zero-order chi connectivity index (χ0) is 15.3. The summed E-state index contributed by atoms with van der Waals surface area (Å²) in [5, 5.41) is 0. The lowest BCUT2D eigenvalue weighted by Gasteiger charge is -2.45. The number of nitrogens with zero attached hydrogens (tertiary/aromatic N) is 1. The second kappa shape index (κ2) is 7.21. The third-order valence-electron chi connectivity index (χ3n) is 4.57. The maximum Gasteiger partial charge on any atom is 0.0641 e. The van der Waals surface area contributed by atoms with E-state index >= 15 is 0 Å². The second-order valence-corrected chi connectivity index (χ2v) is 5.90. The molecule has 0 aliphatic heterocycles. The fraction of sp³-hybridized carbons (Fsp3) is 0.647. The molecule has 0 aromatic heterocycles. The van der Waals surface area contributed by atoms with Crippen LogP contribution in [-0.4, -0.2) is 23.5 Å². The Morgan fingerprint density at radius 2 is 1.60 bits per heavy atom. The number of likely N-dealkylation sites (N-methyl/N-ethyl adjacent to an activating group) is 1. The molecule has 0 spiro atoms. The molecule has 0 amide bonds. The average Bonchev–Trinajstić information content (AvgIpc) is 2.39. The first-order chi connectivity index (χ1) is 9.42. The van der Waals surface area contributed by atoms with Gasteiger partial charge in [0.15, 0.2) is 0 Å². The normalized spacial score (nSPS) is 16.2. The van der Waals surface area contributed by atoms with E-state index in [0.29, 0.717) is 0 Å². The largest absolute Gasteiger partial charge is 0.297 e. The lowest BCUT2D eigenvalue weighted by molar-refractivity contribution is 0.0698. The van der Waals surface area contributed by atoms with Crippen molar-refractivity contribution in [1.82, 2.24) is 10.3 Å². The molecule has 1 aromatic carbocycles. The Morgan fingerprint density at radius 3 is 1.95 bits per heavy atom. The van der Waals surface area contributed by atoms with Crippen LogP contribution < -0.4 is 11.3 Å². The van der Waals surface area contributed by atoms with E-state index in [9.17, 15) is 0 Å². The predicted octanol–water partition coefficient (Wildman–Crippen LogP) is 3.32. The van der Waals surface area contributed by atoms with Crippen molar-refractivity contribution in [2.75, 3.05) is 13.1 Å². The molecule has 0 heterocycles. The molecule has 0 radical (unpaired) electrons. The smallest absolute Gasteiger partial charge is 0.0641 e. The Bertz CT molecular complexity index is 406. The quantitative estimate of drug-likeness (QED) is 0.593. The van der Waals surface area contributed by atoms with Gasteiger partial charge < -0.3 is 0 Å². The third kappa shape index (κ3) is 3.40. The lowest BCUT2D eigenvalue weighted by atomic mass is 9.82. The van der Waals surface area contributed by atoms with Crippen LogP contribution in [0.2, 0.25) is 0 Å². The van der Waals surface area contributed by atoms with Gasteiger partial charge in [0.25, 0.3) is 0 Å². The highest BCUT2D eigenvalue weighted by atomic mass is 15.3. The Labute approximate surface area is 124 Å². The molecule has 3 nitrogen and oxygen atoms in total. The van der Waals surface area contributed by atoms with Crippen molar-refractivity contribution in [3.8, 4) is 0 Å². The Kier molecular flexibility index (Phi) is 6.18. The van der Waals surface area contributed by atoms with Crippen molar-refractivity contribution in [3.63, 3.8) is 0 Å². The number of nitrogens with one attached hydrogen (secondary N) is 1. The van der Waals surface area contributed by atoms with E-state index in [4.69, 9.17) is 5.84 Å². The van der Waals surface area contributed by atoms with E-state index in [0.717, 1.165) is 19.5 Å². The fourth-order valence-electron chi connectivity index (χ4n) is 3.37. The van der Waals surface area contributed by atoms with Crippen LogP contribution in [-0.2, 0) is 0 Å². The van der Waals surface area contributed by atoms with Crippen LogP contribution in [0.3, 0.4) is 0 Å². The molecular formula is C17H31N3. The molecule has 0 saturated carbocycles. The number of rotatable bonds is 7. The molecule has 114 valence electrons. The average molecular weight is 277 g/mol. The van der Waals surface area contributed by atoms with Gasteiger partial charge in [0.1, 0.15) is 0 Å². The van der Waals surface area contributed by atoms with Gasteiger partial charge in [-0.2, -0.15) is 0 Å². The standard InChI is InChI=1S/C17H31N3/c1-7-17(6,20(8-2)9-3)16(19-18)15-11-13(4)10-14(5)12-15/h10-12,16,19H,7-9,18H2,1-6H3. The Balaban J connectivity index is 3.27. The van der Waals surface area contributed by atoms with Crippen LogP contribution in [0.4, 0.5) is 0 Å². The van der Waals surface area contributed by atoms with Crippen molar-refractivity contribution in [1.29, 1.82) is 0 Å². The minimum Gasteiger partial charge on any atom is -0.297 e. The van der Waals surface area contributed by atoms with Crippen LogP contribution in [0.15, 0.2) is 18.2 Å². The van der Waals surface area contributed by atoms with Crippen molar-refractivity contribution in [2.45, 2.75) is 59.5 Å². The molecule has 2 atom stereocenters. The number of hydrazine groups is 1. The minimum absolute atomic E-state index is 0.0124. The van der Waals surface area contributed by atoms with Crippen molar-refractivity contribution in [3.05, 3.63) is 34.9 Å². The summed E-state index contributed by atoms with van der Waals surface area (Å²) >= 11 is 0. The van der Waals surface area contributed by atoms with E-state index in [2.05, 4.69) is 70.1 Å². The van der Waals surface area contributed by atoms with Crippen LogP contribution in [0, 0.1) is 13.8 Å². The first-order valence-corrected chi connectivity index (χ1v) is 7.72. The van der Waals surface area contributed by atoms with Gasteiger partial charge >= 0.3 is 0 Å². The molecule has 20 heavy (non-hydrogen) atoms. The molecule has 0 aliphatic carbocycles. The van der Waals surface area contributed by atoms with Crippen LogP contribution in [0.5, 0.6) is 0 Å². The zero-order valence-electron chi connectivity index (χ0n) is 14.0. The summed E-state index contributed by atoms with van der Waals surface area (Å²) < 4.78 is 0. The van der Waals surface area contributed by atoms with Crippen LogP contribution in [0.1, 0.15) is 56.8 Å². The fourth-order valence-corrected chi connectivity index (χ4v) is 3.37. The monoisotopic (exact) mass is 277 g/mol. The van der Waals surface area contributed by atoms with Gasteiger partial charge in [-0.15, -0.1) is 0 Å². The second-order valence-electron chi connectivity index (χ2n) is 5.90. The van der Waals surface area contributed by atoms with E-state index in [1.165, 1.54) is 16.7 Å². The first-order valence-electron chi connectivity index (χ1n) is 7.72. The topological polar surface area (TPSA) is 41.3 Å². The molecule has 0 fully saturated rings. The summed E-state index contributed by atoms with van der Waals surface area (Å²) in [6.07, 6.45) is 1.05. The van der Waals surface area contributed by atoms with E-state index in [-0.39, 0.29) is 11.6 Å². The summed E-state index contributed by atoms with van der Waals surface area (Å²) in [5.41, 5.74) is 6.94. The zero-order valence-corrected chi connectivity index (χ0v) is 14.0. The highest BCUT2D eigenvalue weighted by molar-refractivity contribution is 5.32. The molecular weight excluding hydrogens is 246 g/mol. The molecule has 0 bridgehead atoms. The number of aryl methyl sites for hydroxylation is 2. The Hall–Kier alpha value is -0.900. The van der Waals surface area contributed by atoms with Crippen molar-refractivity contribution in [2.24, 2.45) is 5.84 Å². The molecule has 0 saturated heterocycles. The lowest BCUT2D eigenvalue weighted by Crippen LogP contribution is -2.55. The van der Waals surface area contributed by atoms with Gasteiger partial charge in [-0.05, 0) is 45.8 Å². The first kappa shape index (κ1) is 17.2. The molecule has 2 unspecified atom stereocenters. The van der Waals surface area contributed by atoms with Crippen LogP contribution in [0.25, 0.3) is 0 Å². The highest BCUT2D eigenvalue weighted by Gasteiger charge is 2.37. The number of benzene rings is 1. The third-order valence-corrected chi connectivity index (χ3v) is 4.57. The molecule has 0 aliphatic rings. The summed E-state index contributed by atoms with van der Waals surface area (Å²) in [4.78, 5) is 2.50. The van der Waals surface area contributed by atoms with Crippen molar-refractivity contribution >= 4 is 0 Å². The van der Waals surface area contributed by atoms with Crippen LogP contribution >= 0.6 is 0 Å². The summed E-state index contributed by atoms with van der Waals surface area (Å²) in [6, 6.07) is 6.83. The molecule has 1 rings (SSSR count). The molecule has 3 heteroatoms. The van der Waals surface area contributed by atoms with E-state index in [1.54, 1.807) is 0 Å². The summed E-state index contributed by atoms with van der Waals surface area (Å²) in [6.45, 7) is 15.3. The van der Waals surface area contributed by atoms with Gasteiger partial charge in [-0.25, -0.2) is 0 Å². The number of hydrogen-bond acceptors (Lipinski definition) is 3. The molecule has 3 N–H and O–H groups in total. The van der Waals surface area contributed by atoms with Gasteiger partial charge in [-0.1, -0.05) is 50.1 Å².